The Morgan fingerprint density at radius 2 is 1.86 bits per heavy atom. The van der Waals surface area contributed by atoms with Crippen LogP contribution in [-0.4, -0.2) is 12.2 Å². The number of unbranched alkanes of at least 4 members (excludes halogenated alkanes) is 3. The van der Waals surface area contributed by atoms with E-state index < -0.39 is 7.60 Å². The predicted octanol–water partition coefficient (Wildman–Crippen LogP) is 9.20. The van der Waals surface area contributed by atoms with Crippen LogP contribution in [0.4, 0.5) is 0 Å². The summed E-state index contributed by atoms with van der Waals surface area (Å²) in [5, 5.41) is 12.0. The molecule has 37 heavy (non-hydrogen) atoms. The fourth-order valence-electron chi connectivity index (χ4n) is 5.39. The Balaban J connectivity index is 2.15. The molecule has 202 valence electrons. The van der Waals surface area contributed by atoms with E-state index in [0.29, 0.717) is 16.6 Å². The first-order valence-corrected chi connectivity index (χ1v) is 15.2. The van der Waals surface area contributed by atoms with E-state index in [4.69, 9.17) is 9.05 Å². The smallest absolute Gasteiger partial charge is 0.410 e. The molecule has 0 heterocycles. The molecule has 0 spiro atoms. The first kappa shape index (κ1) is 29.3. The molecular weight excluding hydrogens is 479 g/mol. The maximum atomic E-state index is 14.0. The topological polar surface area (TPSA) is 55.8 Å². The number of aromatic hydroxyl groups is 1. The van der Waals surface area contributed by atoms with Gasteiger partial charge in [0.1, 0.15) is 11.5 Å². The number of hydrogen-bond donors (Lipinski definition) is 1. The summed E-state index contributed by atoms with van der Waals surface area (Å²) in [5.41, 5.74) is 3.78. The molecule has 3 atom stereocenters. The van der Waals surface area contributed by atoms with Gasteiger partial charge in [-0.1, -0.05) is 88.5 Å². The number of hydrogen-bond acceptors (Lipinski definition) is 4. The summed E-state index contributed by atoms with van der Waals surface area (Å²) in [5.74, 6) is 0.632. The van der Waals surface area contributed by atoms with Crippen LogP contribution < -0.4 is 9.83 Å². The summed E-state index contributed by atoms with van der Waals surface area (Å²) in [7, 11) is -2.27. The first-order chi connectivity index (χ1) is 17.5. The lowest BCUT2D eigenvalue weighted by atomic mass is 9.72. The Morgan fingerprint density at radius 3 is 2.49 bits per heavy atom. The number of phenolic OH excluding ortho intramolecular Hbond substituents is 1. The summed E-state index contributed by atoms with van der Waals surface area (Å²) in [6, 6.07) is 12.9. The predicted molar refractivity (Wildman–Crippen MR) is 155 cm³/mol. The van der Waals surface area contributed by atoms with E-state index >= 15 is 0 Å². The standard InChI is InChI=1S/C32H45O4P/c1-8-9-10-14-19-32(5,6)25-21-29(33)31(28-20-24(4)17-18-27(28)23(2)3)30(22-25)36-37(34,35-7)26-15-12-11-13-16-26/h11-13,15-16,20-22,27-28,33H,2,8-10,14,17-19H2,1,3-7H3. The molecule has 1 N–H and O–H groups in total. The lowest BCUT2D eigenvalue weighted by Crippen LogP contribution is -2.21. The van der Waals surface area contributed by atoms with E-state index in [9.17, 15) is 9.67 Å². The molecule has 1 aliphatic rings. The second-order valence-corrected chi connectivity index (χ2v) is 13.3. The zero-order valence-electron chi connectivity index (χ0n) is 23.5. The molecule has 0 saturated carbocycles. The van der Waals surface area contributed by atoms with Crippen LogP contribution in [0.5, 0.6) is 11.5 Å². The van der Waals surface area contributed by atoms with Crippen LogP contribution in [0.15, 0.2) is 66.3 Å². The normalized spacial score (nSPS) is 19.7. The van der Waals surface area contributed by atoms with Crippen molar-refractivity contribution < 1.29 is 18.7 Å². The highest BCUT2D eigenvalue weighted by Crippen LogP contribution is 2.53. The van der Waals surface area contributed by atoms with Crippen LogP contribution in [0.2, 0.25) is 0 Å². The van der Waals surface area contributed by atoms with Gasteiger partial charge < -0.3 is 9.63 Å². The van der Waals surface area contributed by atoms with Gasteiger partial charge in [0, 0.05) is 18.6 Å². The minimum absolute atomic E-state index is 0.121. The summed E-state index contributed by atoms with van der Waals surface area (Å²) >= 11 is 0. The van der Waals surface area contributed by atoms with Gasteiger partial charge in [-0.2, -0.15) is 0 Å². The highest BCUT2D eigenvalue weighted by molar-refractivity contribution is 7.62. The zero-order valence-corrected chi connectivity index (χ0v) is 24.4. The van der Waals surface area contributed by atoms with E-state index in [0.717, 1.165) is 36.8 Å². The van der Waals surface area contributed by atoms with Crippen molar-refractivity contribution in [1.82, 2.24) is 0 Å². The van der Waals surface area contributed by atoms with Crippen molar-refractivity contribution in [2.75, 3.05) is 7.11 Å². The van der Waals surface area contributed by atoms with Gasteiger partial charge in [-0.05, 0) is 74.3 Å². The zero-order chi connectivity index (χ0) is 27.2. The highest BCUT2D eigenvalue weighted by atomic mass is 31.2. The molecule has 0 amide bonds. The largest absolute Gasteiger partial charge is 0.507 e. The minimum atomic E-state index is -3.69. The third-order valence-electron chi connectivity index (χ3n) is 7.80. The van der Waals surface area contributed by atoms with Crippen LogP contribution in [0, 0.1) is 5.92 Å². The molecule has 0 radical (unpaired) electrons. The summed E-state index contributed by atoms with van der Waals surface area (Å²) < 4.78 is 25.9. The molecule has 0 aromatic heterocycles. The van der Waals surface area contributed by atoms with Crippen LogP contribution in [-0.2, 0) is 14.5 Å². The van der Waals surface area contributed by atoms with Crippen molar-refractivity contribution in [2.24, 2.45) is 5.92 Å². The van der Waals surface area contributed by atoms with E-state index in [1.807, 2.05) is 37.3 Å². The summed E-state index contributed by atoms with van der Waals surface area (Å²) in [6.45, 7) is 15.0. The number of phenols is 1. The van der Waals surface area contributed by atoms with Crippen molar-refractivity contribution in [3.63, 3.8) is 0 Å². The van der Waals surface area contributed by atoms with Gasteiger partial charge in [0.05, 0.1) is 5.30 Å². The first-order valence-electron chi connectivity index (χ1n) is 13.6. The van der Waals surface area contributed by atoms with E-state index in [1.165, 1.54) is 31.9 Å². The minimum Gasteiger partial charge on any atom is -0.507 e. The van der Waals surface area contributed by atoms with Gasteiger partial charge in [-0.3, -0.25) is 4.52 Å². The van der Waals surface area contributed by atoms with Gasteiger partial charge in [0.2, 0.25) is 0 Å². The molecule has 5 heteroatoms. The average molecular weight is 525 g/mol. The Kier molecular flexibility index (Phi) is 9.89. The maximum absolute atomic E-state index is 14.0. The molecule has 2 aromatic rings. The van der Waals surface area contributed by atoms with Gasteiger partial charge in [0.25, 0.3) is 0 Å². The van der Waals surface area contributed by atoms with Crippen LogP contribution in [0.1, 0.15) is 96.6 Å². The third kappa shape index (κ3) is 6.98. The number of benzene rings is 2. The number of allylic oxidation sites excluding steroid dienone is 3. The molecular formula is C32H45O4P. The van der Waals surface area contributed by atoms with Crippen molar-refractivity contribution in [1.29, 1.82) is 0 Å². The van der Waals surface area contributed by atoms with Crippen molar-refractivity contribution >= 4 is 12.9 Å². The highest BCUT2D eigenvalue weighted by Gasteiger charge is 2.36. The second kappa shape index (κ2) is 12.5. The van der Waals surface area contributed by atoms with E-state index in [1.54, 1.807) is 12.1 Å². The number of rotatable bonds is 12. The molecule has 0 fully saturated rings. The summed E-state index contributed by atoms with van der Waals surface area (Å²) in [6.07, 6.45) is 9.86. The fraction of sp³-hybridized carbons (Fsp3) is 0.500. The maximum Gasteiger partial charge on any atom is 0.410 e. The lowest BCUT2D eigenvalue weighted by molar-refractivity contribution is 0.329. The molecule has 0 saturated heterocycles. The Labute approximate surface area is 224 Å². The third-order valence-corrected chi connectivity index (χ3v) is 9.65. The molecule has 3 rings (SSSR count). The Hall–Kier alpha value is -2.29. The lowest BCUT2D eigenvalue weighted by Gasteiger charge is -2.34. The van der Waals surface area contributed by atoms with Crippen LogP contribution >= 0.6 is 7.60 Å². The van der Waals surface area contributed by atoms with Crippen LogP contribution in [0.25, 0.3) is 0 Å². The van der Waals surface area contributed by atoms with Gasteiger partial charge >= 0.3 is 7.60 Å². The SMILES string of the molecule is C=C(C)C1CCC(C)=CC1c1c(O)cc(C(C)(C)CCCCCC)cc1OP(=O)(OC)c1ccccc1. The molecule has 3 unspecified atom stereocenters. The van der Waals surface area contributed by atoms with Crippen molar-refractivity contribution in [3.8, 4) is 11.5 Å². The van der Waals surface area contributed by atoms with E-state index in [2.05, 4.69) is 40.3 Å². The van der Waals surface area contributed by atoms with Crippen molar-refractivity contribution in [3.05, 3.63) is 77.4 Å². The quantitative estimate of drug-likeness (QED) is 0.171. The second-order valence-electron chi connectivity index (χ2n) is 11.2. The molecule has 0 bridgehead atoms. The van der Waals surface area contributed by atoms with Gasteiger partial charge in [-0.25, -0.2) is 4.57 Å². The monoisotopic (exact) mass is 524 g/mol. The van der Waals surface area contributed by atoms with Gasteiger partial charge in [-0.15, -0.1) is 0 Å². The Bertz CT molecular complexity index is 1150. The van der Waals surface area contributed by atoms with E-state index in [-0.39, 0.29) is 23.0 Å². The Morgan fingerprint density at radius 1 is 1.16 bits per heavy atom. The molecule has 2 aromatic carbocycles. The molecule has 4 nitrogen and oxygen atoms in total. The summed E-state index contributed by atoms with van der Waals surface area (Å²) in [4.78, 5) is 0. The van der Waals surface area contributed by atoms with Gasteiger partial charge in [0.15, 0.2) is 0 Å². The average Bonchev–Trinajstić information content (AvgIpc) is 2.86. The molecule has 1 aliphatic carbocycles. The molecule has 0 aliphatic heterocycles. The van der Waals surface area contributed by atoms with Crippen LogP contribution in [0.3, 0.4) is 0 Å². The van der Waals surface area contributed by atoms with Crippen molar-refractivity contribution in [2.45, 2.75) is 90.9 Å². The fourth-order valence-corrected chi connectivity index (χ4v) is 6.73.